The van der Waals surface area contributed by atoms with Gasteiger partial charge in [-0.1, -0.05) is 18.2 Å². The van der Waals surface area contributed by atoms with Gasteiger partial charge >= 0.3 is 0 Å². The van der Waals surface area contributed by atoms with Gasteiger partial charge in [-0.2, -0.15) is 4.31 Å². The quantitative estimate of drug-likeness (QED) is 0.808. The minimum atomic E-state index is -3.67. The van der Waals surface area contributed by atoms with Gasteiger partial charge in [0, 0.05) is 19.6 Å². The van der Waals surface area contributed by atoms with Gasteiger partial charge in [-0.25, -0.2) is 12.8 Å². The summed E-state index contributed by atoms with van der Waals surface area (Å²) in [6.07, 6.45) is 1.23. The number of amides is 1. The van der Waals surface area contributed by atoms with Crippen molar-refractivity contribution in [2.45, 2.75) is 45.1 Å². The average molecular weight is 419 g/mol. The number of nitrogens with one attached hydrogen (secondary N) is 1. The molecule has 5 nitrogen and oxygen atoms in total. The summed E-state index contributed by atoms with van der Waals surface area (Å²) in [6, 6.07) is 11.1. The van der Waals surface area contributed by atoms with E-state index in [1.54, 1.807) is 37.3 Å². The molecular formula is C22H27FN2O3S. The Kier molecular flexibility index (Phi) is 6.10. The van der Waals surface area contributed by atoms with Crippen molar-refractivity contribution in [1.29, 1.82) is 0 Å². The molecule has 0 aromatic heterocycles. The summed E-state index contributed by atoms with van der Waals surface area (Å²) in [5.41, 5.74) is 1.93. The van der Waals surface area contributed by atoms with Crippen LogP contribution < -0.4 is 5.32 Å². The van der Waals surface area contributed by atoms with E-state index in [2.05, 4.69) is 5.32 Å². The van der Waals surface area contributed by atoms with Crippen molar-refractivity contribution in [2.75, 3.05) is 13.1 Å². The number of benzene rings is 2. The van der Waals surface area contributed by atoms with Crippen molar-refractivity contribution >= 4 is 15.9 Å². The zero-order valence-corrected chi connectivity index (χ0v) is 17.9. The molecule has 0 aliphatic carbocycles. The van der Waals surface area contributed by atoms with E-state index in [0.29, 0.717) is 19.4 Å². The molecule has 0 spiro atoms. The Morgan fingerprint density at radius 3 is 2.48 bits per heavy atom. The highest BCUT2D eigenvalue weighted by Gasteiger charge is 2.41. The largest absolute Gasteiger partial charge is 0.352 e. The van der Waals surface area contributed by atoms with Crippen LogP contribution in [0.15, 0.2) is 47.4 Å². The van der Waals surface area contributed by atoms with Crippen molar-refractivity contribution in [3.8, 4) is 0 Å². The van der Waals surface area contributed by atoms with Crippen molar-refractivity contribution in [2.24, 2.45) is 5.41 Å². The van der Waals surface area contributed by atoms with Crippen LogP contribution >= 0.6 is 0 Å². The van der Waals surface area contributed by atoms with Crippen LogP contribution in [0.25, 0.3) is 0 Å². The highest BCUT2D eigenvalue weighted by atomic mass is 32.2. The summed E-state index contributed by atoms with van der Waals surface area (Å²) in [6.45, 7) is 6.44. The number of nitrogens with zero attached hydrogens (tertiary/aromatic N) is 1. The van der Waals surface area contributed by atoms with Crippen molar-refractivity contribution < 1.29 is 17.6 Å². The van der Waals surface area contributed by atoms with Gasteiger partial charge in [-0.05, 0) is 74.6 Å². The van der Waals surface area contributed by atoms with Gasteiger partial charge in [0.05, 0.1) is 10.3 Å². The van der Waals surface area contributed by atoms with Gasteiger partial charge in [0.15, 0.2) is 0 Å². The molecule has 1 N–H and O–H groups in total. The van der Waals surface area contributed by atoms with Gasteiger partial charge in [0.2, 0.25) is 15.9 Å². The van der Waals surface area contributed by atoms with E-state index in [1.807, 2.05) is 13.8 Å². The van der Waals surface area contributed by atoms with E-state index >= 15 is 0 Å². The summed E-state index contributed by atoms with van der Waals surface area (Å²) in [7, 11) is -3.67. The van der Waals surface area contributed by atoms with Crippen LogP contribution in [0, 0.1) is 25.1 Å². The number of carbonyl (C=O) groups excluding carboxylic acids is 1. The zero-order chi connectivity index (χ0) is 21.2. The van der Waals surface area contributed by atoms with Crippen LogP contribution in [0.1, 0.15) is 36.5 Å². The highest BCUT2D eigenvalue weighted by molar-refractivity contribution is 7.89. The van der Waals surface area contributed by atoms with Crippen molar-refractivity contribution in [3.63, 3.8) is 0 Å². The molecule has 1 aliphatic heterocycles. The Balaban J connectivity index is 1.73. The molecule has 0 bridgehead atoms. The molecule has 156 valence electrons. The van der Waals surface area contributed by atoms with Gasteiger partial charge < -0.3 is 5.32 Å². The number of sulfonamides is 1. The SMILES string of the molecule is Cc1ccc(S(=O)(=O)N2CCCC(C)(C(=O)NCc3ccc(F)cc3)C2)cc1C. The second-order valence-corrected chi connectivity index (χ2v) is 10.00. The first-order chi connectivity index (χ1) is 13.6. The van der Waals surface area contributed by atoms with Crippen molar-refractivity contribution in [3.05, 3.63) is 65.0 Å². The van der Waals surface area contributed by atoms with Gasteiger partial charge in [0.1, 0.15) is 5.82 Å². The lowest BCUT2D eigenvalue weighted by atomic mass is 9.82. The molecule has 1 atom stereocenters. The number of aryl methyl sites for hydroxylation is 2. The molecular weight excluding hydrogens is 391 g/mol. The Hall–Kier alpha value is -2.25. The van der Waals surface area contributed by atoms with E-state index in [0.717, 1.165) is 16.7 Å². The molecule has 29 heavy (non-hydrogen) atoms. The molecule has 1 saturated heterocycles. The molecule has 3 rings (SSSR count). The number of halogens is 1. The molecule has 1 fully saturated rings. The first-order valence-corrected chi connectivity index (χ1v) is 11.2. The first kappa shape index (κ1) is 21.5. The topological polar surface area (TPSA) is 66.5 Å². The van der Waals surface area contributed by atoms with Crippen LogP contribution in [0.3, 0.4) is 0 Å². The van der Waals surface area contributed by atoms with Crippen LogP contribution in [0.5, 0.6) is 0 Å². The maximum atomic E-state index is 13.1. The Bertz CT molecular complexity index is 1010. The average Bonchev–Trinajstić information content (AvgIpc) is 2.69. The summed E-state index contributed by atoms with van der Waals surface area (Å²) in [5, 5.41) is 2.87. The lowest BCUT2D eigenvalue weighted by Gasteiger charge is -2.38. The fourth-order valence-electron chi connectivity index (χ4n) is 3.60. The minimum Gasteiger partial charge on any atom is -0.352 e. The first-order valence-electron chi connectivity index (χ1n) is 9.72. The Morgan fingerprint density at radius 1 is 1.14 bits per heavy atom. The normalized spacial score (nSPS) is 20.4. The van der Waals surface area contributed by atoms with Crippen LogP contribution in [0.4, 0.5) is 4.39 Å². The standard InChI is InChI=1S/C22H27FN2O3S/c1-16-5-10-20(13-17(16)2)29(27,28)25-12-4-11-22(3,15-25)21(26)24-14-18-6-8-19(23)9-7-18/h5-10,13H,4,11-12,14-15H2,1-3H3,(H,24,26). The Morgan fingerprint density at radius 2 is 1.83 bits per heavy atom. The molecule has 2 aromatic rings. The third kappa shape index (κ3) is 4.67. The predicted octanol–water partition coefficient (Wildman–Crippen LogP) is 3.55. The summed E-state index contributed by atoms with van der Waals surface area (Å²) >= 11 is 0. The molecule has 1 aliphatic rings. The van der Waals surface area contributed by atoms with Gasteiger partial charge in [-0.3, -0.25) is 4.79 Å². The van der Waals surface area contributed by atoms with Crippen molar-refractivity contribution in [1.82, 2.24) is 9.62 Å². The molecule has 7 heteroatoms. The summed E-state index contributed by atoms with van der Waals surface area (Å²) in [5.74, 6) is -0.520. The maximum absolute atomic E-state index is 13.1. The number of hydrogen-bond donors (Lipinski definition) is 1. The summed E-state index contributed by atoms with van der Waals surface area (Å²) < 4.78 is 40.7. The maximum Gasteiger partial charge on any atom is 0.243 e. The number of piperidine rings is 1. The molecule has 1 amide bonds. The fraction of sp³-hybridized carbons (Fsp3) is 0.409. The minimum absolute atomic E-state index is 0.136. The lowest BCUT2D eigenvalue weighted by Crippen LogP contribution is -2.51. The van der Waals surface area contributed by atoms with Gasteiger partial charge in [0.25, 0.3) is 0 Å². The third-order valence-corrected chi connectivity index (χ3v) is 7.53. The fourth-order valence-corrected chi connectivity index (χ4v) is 5.29. The van der Waals surface area contributed by atoms with E-state index in [9.17, 15) is 17.6 Å². The molecule has 2 aromatic carbocycles. The lowest BCUT2D eigenvalue weighted by molar-refractivity contribution is -0.132. The smallest absolute Gasteiger partial charge is 0.243 e. The molecule has 1 unspecified atom stereocenters. The molecule has 0 radical (unpaired) electrons. The zero-order valence-electron chi connectivity index (χ0n) is 17.0. The Labute approximate surface area is 172 Å². The number of carbonyl (C=O) groups is 1. The van der Waals surface area contributed by atoms with Crippen LogP contribution in [-0.2, 0) is 21.4 Å². The third-order valence-electron chi connectivity index (χ3n) is 5.69. The monoisotopic (exact) mass is 418 g/mol. The highest BCUT2D eigenvalue weighted by Crippen LogP contribution is 2.33. The van der Waals surface area contributed by atoms with Gasteiger partial charge in [-0.15, -0.1) is 0 Å². The number of hydrogen-bond acceptors (Lipinski definition) is 3. The second kappa shape index (κ2) is 8.24. The van der Waals surface area contributed by atoms with Crippen LogP contribution in [0.2, 0.25) is 0 Å². The van der Waals surface area contributed by atoms with E-state index in [-0.39, 0.29) is 29.7 Å². The van der Waals surface area contributed by atoms with E-state index < -0.39 is 15.4 Å². The molecule has 1 heterocycles. The predicted molar refractivity (Wildman–Crippen MR) is 110 cm³/mol. The number of rotatable bonds is 5. The van der Waals surface area contributed by atoms with E-state index in [4.69, 9.17) is 0 Å². The van der Waals surface area contributed by atoms with Crippen LogP contribution in [-0.4, -0.2) is 31.7 Å². The van der Waals surface area contributed by atoms with E-state index in [1.165, 1.54) is 16.4 Å². The summed E-state index contributed by atoms with van der Waals surface area (Å²) in [4.78, 5) is 13.1. The molecule has 0 saturated carbocycles. The second-order valence-electron chi connectivity index (χ2n) is 8.06.